The summed E-state index contributed by atoms with van der Waals surface area (Å²) in [4.78, 5) is 4.11. The normalized spacial score (nSPS) is 15.4. The summed E-state index contributed by atoms with van der Waals surface area (Å²) < 4.78 is 1.69. The molecule has 1 rings (SSSR count). The molecule has 5 nitrogen and oxygen atoms in total. The lowest BCUT2D eigenvalue weighted by Crippen LogP contribution is -2.36. The Morgan fingerprint density at radius 2 is 2.25 bits per heavy atom. The highest BCUT2D eigenvalue weighted by molar-refractivity contribution is 7.99. The molecule has 2 atom stereocenters. The van der Waals surface area contributed by atoms with Crippen LogP contribution in [-0.4, -0.2) is 37.8 Å². The monoisotopic (exact) mass is 244 g/mol. The zero-order valence-corrected chi connectivity index (χ0v) is 10.8. The first-order chi connectivity index (χ1) is 7.54. The molecular formula is C10H20N4OS. The van der Waals surface area contributed by atoms with Crippen LogP contribution in [0.5, 0.6) is 0 Å². The van der Waals surface area contributed by atoms with E-state index in [1.165, 1.54) is 18.1 Å². The third-order valence-corrected chi connectivity index (χ3v) is 3.71. The van der Waals surface area contributed by atoms with Crippen molar-refractivity contribution in [3.8, 4) is 0 Å². The standard InChI is InChI=1S/C10H20N4OS/c1-7(2)4-8(11)9(5-15)16-10-12-6-13-14(10)3/h6-9,15H,4-5,11H2,1-3H3. The number of aliphatic hydroxyl groups is 1. The molecule has 0 amide bonds. The highest BCUT2D eigenvalue weighted by Gasteiger charge is 2.21. The average Bonchev–Trinajstić information content (AvgIpc) is 2.59. The van der Waals surface area contributed by atoms with Gasteiger partial charge in [0.15, 0.2) is 5.16 Å². The van der Waals surface area contributed by atoms with Gasteiger partial charge in [-0.2, -0.15) is 5.10 Å². The summed E-state index contributed by atoms with van der Waals surface area (Å²) in [5.41, 5.74) is 6.06. The number of aliphatic hydroxyl groups excluding tert-OH is 1. The first kappa shape index (κ1) is 13.5. The molecule has 1 heterocycles. The Labute approximate surface area is 100 Å². The van der Waals surface area contributed by atoms with Crippen LogP contribution < -0.4 is 5.73 Å². The van der Waals surface area contributed by atoms with Crippen LogP contribution in [0.15, 0.2) is 11.5 Å². The molecule has 16 heavy (non-hydrogen) atoms. The number of aryl methyl sites for hydroxylation is 1. The smallest absolute Gasteiger partial charge is 0.186 e. The van der Waals surface area contributed by atoms with Gasteiger partial charge in [0.05, 0.1) is 11.9 Å². The predicted octanol–water partition coefficient (Wildman–Crippen LogP) is 0.641. The number of nitrogens with two attached hydrogens (primary N) is 1. The molecule has 1 aromatic heterocycles. The number of rotatable bonds is 6. The van der Waals surface area contributed by atoms with E-state index >= 15 is 0 Å². The van der Waals surface area contributed by atoms with Crippen LogP contribution in [0.3, 0.4) is 0 Å². The fourth-order valence-electron chi connectivity index (χ4n) is 1.48. The first-order valence-electron chi connectivity index (χ1n) is 5.41. The topological polar surface area (TPSA) is 77.0 Å². The summed E-state index contributed by atoms with van der Waals surface area (Å²) >= 11 is 1.49. The highest BCUT2D eigenvalue weighted by Crippen LogP contribution is 2.24. The van der Waals surface area contributed by atoms with Crippen LogP contribution in [0.4, 0.5) is 0 Å². The quantitative estimate of drug-likeness (QED) is 0.718. The maximum atomic E-state index is 9.34. The summed E-state index contributed by atoms with van der Waals surface area (Å²) in [5, 5.41) is 14.1. The van der Waals surface area contributed by atoms with Gasteiger partial charge in [0.2, 0.25) is 0 Å². The summed E-state index contributed by atoms with van der Waals surface area (Å²) in [7, 11) is 1.83. The maximum Gasteiger partial charge on any atom is 0.186 e. The van der Waals surface area contributed by atoms with Crippen molar-refractivity contribution in [1.29, 1.82) is 0 Å². The van der Waals surface area contributed by atoms with Gasteiger partial charge in [0.25, 0.3) is 0 Å². The Kier molecular flexibility index (Phi) is 5.24. The van der Waals surface area contributed by atoms with Gasteiger partial charge in [0, 0.05) is 13.1 Å². The van der Waals surface area contributed by atoms with E-state index in [0.717, 1.165) is 11.6 Å². The molecule has 1 aromatic rings. The maximum absolute atomic E-state index is 9.34. The van der Waals surface area contributed by atoms with Gasteiger partial charge in [-0.3, -0.25) is 0 Å². The average molecular weight is 244 g/mol. The molecule has 2 unspecified atom stereocenters. The van der Waals surface area contributed by atoms with Crippen LogP contribution in [0.1, 0.15) is 20.3 Å². The molecule has 0 aliphatic rings. The second-order valence-electron chi connectivity index (χ2n) is 4.30. The Morgan fingerprint density at radius 3 is 2.69 bits per heavy atom. The minimum absolute atomic E-state index is 0.0216. The molecule has 3 N–H and O–H groups in total. The lowest BCUT2D eigenvalue weighted by atomic mass is 10.0. The number of aromatic nitrogens is 3. The fraction of sp³-hybridized carbons (Fsp3) is 0.800. The predicted molar refractivity (Wildman–Crippen MR) is 65.2 cm³/mol. The second-order valence-corrected chi connectivity index (χ2v) is 5.50. The number of nitrogens with zero attached hydrogens (tertiary/aromatic N) is 3. The SMILES string of the molecule is CC(C)CC(N)C(CO)Sc1ncnn1C. The lowest BCUT2D eigenvalue weighted by molar-refractivity contribution is 0.274. The zero-order chi connectivity index (χ0) is 12.1. The Balaban J connectivity index is 2.58. The van der Waals surface area contributed by atoms with E-state index in [2.05, 4.69) is 23.9 Å². The van der Waals surface area contributed by atoms with Gasteiger partial charge < -0.3 is 10.8 Å². The molecule has 0 aromatic carbocycles. The van der Waals surface area contributed by atoms with Gasteiger partial charge in [-0.15, -0.1) is 0 Å². The third-order valence-electron chi connectivity index (χ3n) is 2.33. The van der Waals surface area contributed by atoms with Crippen LogP contribution in [-0.2, 0) is 7.05 Å². The van der Waals surface area contributed by atoms with Crippen LogP contribution in [0, 0.1) is 5.92 Å². The van der Waals surface area contributed by atoms with E-state index in [-0.39, 0.29) is 17.9 Å². The van der Waals surface area contributed by atoms with Crippen LogP contribution >= 0.6 is 11.8 Å². The minimum Gasteiger partial charge on any atom is -0.395 e. The molecule has 0 spiro atoms. The van der Waals surface area contributed by atoms with Crippen LogP contribution in [0.2, 0.25) is 0 Å². The summed E-state index contributed by atoms with van der Waals surface area (Å²) in [6, 6.07) is -0.0216. The summed E-state index contributed by atoms with van der Waals surface area (Å²) in [6.45, 7) is 4.31. The van der Waals surface area contributed by atoms with Crippen molar-refractivity contribution < 1.29 is 5.11 Å². The molecular weight excluding hydrogens is 224 g/mol. The molecule has 0 saturated carbocycles. The van der Waals surface area contributed by atoms with Gasteiger partial charge in [-0.05, 0) is 12.3 Å². The van der Waals surface area contributed by atoms with Crippen molar-refractivity contribution in [2.45, 2.75) is 36.7 Å². The molecule has 0 aliphatic carbocycles. The third kappa shape index (κ3) is 3.77. The van der Waals surface area contributed by atoms with E-state index in [9.17, 15) is 5.11 Å². The van der Waals surface area contributed by atoms with Crippen molar-refractivity contribution in [1.82, 2.24) is 14.8 Å². The first-order valence-corrected chi connectivity index (χ1v) is 6.29. The van der Waals surface area contributed by atoms with Crippen molar-refractivity contribution in [2.24, 2.45) is 18.7 Å². The minimum atomic E-state index is -0.0229. The number of thioether (sulfide) groups is 1. The van der Waals surface area contributed by atoms with Gasteiger partial charge in [-0.25, -0.2) is 9.67 Å². The van der Waals surface area contributed by atoms with E-state index in [1.807, 2.05) is 7.05 Å². The summed E-state index contributed by atoms with van der Waals surface area (Å²) in [6.07, 6.45) is 2.40. The summed E-state index contributed by atoms with van der Waals surface area (Å²) in [5.74, 6) is 0.532. The van der Waals surface area contributed by atoms with E-state index in [4.69, 9.17) is 5.73 Å². The van der Waals surface area contributed by atoms with Gasteiger partial charge in [0.1, 0.15) is 6.33 Å². The number of hydrogen-bond donors (Lipinski definition) is 2. The number of hydrogen-bond acceptors (Lipinski definition) is 5. The Bertz CT molecular complexity index is 316. The van der Waals surface area contributed by atoms with E-state index < -0.39 is 0 Å². The Morgan fingerprint density at radius 1 is 1.56 bits per heavy atom. The molecule has 92 valence electrons. The molecule has 6 heteroatoms. The van der Waals surface area contributed by atoms with E-state index in [0.29, 0.717) is 5.92 Å². The van der Waals surface area contributed by atoms with E-state index in [1.54, 1.807) is 4.68 Å². The largest absolute Gasteiger partial charge is 0.395 e. The molecule has 0 aliphatic heterocycles. The zero-order valence-electron chi connectivity index (χ0n) is 10.00. The van der Waals surface area contributed by atoms with Crippen molar-refractivity contribution in [3.05, 3.63) is 6.33 Å². The molecule has 0 fully saturated rings. The van der Waals surface area contributed by atoms with Crippen molar-refractivity contribution >= 4 is 11.8 Å². The fourth-order valence-corrected chi connectivity index (χ4v) is 2.42. The Hall–Kier alpha value is -0.590. The van der Waals surface area contributed by atoms with Crippen molar-refractivity contribution in [2.75, 3.05) is 6.61 Å². The van der Waals surface area contributed by atoms with Crippen molar-refractivity contribution in [3.63, 3.8) is 0 Å². The highest BCUT2D eigenvalue weighted by atomic mass is 32.2. The molecule has 0 bridgehead atoms. The van der Waals surface area contributed by atoms with Gasteiger partial charge >= 0.3 is 0 Å². The van der Waals surface area contributed by atoms with Gasteiger partial charge in [-0.1, -0.05) is 25.6 Å². The van der Waals surface area contributed by atoms with Crippen LogP contribution in [0.25, 0.3) is 0 Å². The molecule has 0 radical (unpaired) electrons. The lowest BCUT2D eigenvalue weighted by Gasteiger charge is -2.22. The second kappa shape index (κ2) is 6.22. The molecule has 0 saturated heterocycles.